The van der Waals surface area contributed by atoms with Crippen LogP contribution in [0.2, 0.25) is 0 Å². The van der Waals surface area contributed by atoms with Crippen LogP contribution in [0.4, 0.5) is 5.13 Å². The third kappa shape index (κ3) is 5.70. The van der Waals surface area contributed by atoms with Crippen LogP contribution in [0, 0.1) is 0 Å². The molecule has 3 aromatic rings. The average Bonchev–Trinajstić information content (AvgIpc) is 3.20. The SMILES string of the molecule is CCNC(=O)c1ccc(CN(Cc2ccccc2Br)c2nc(C(C)(C)C)cs2)cc1. The molecule has 1 aromatic heterocycles. The van der Waals surface area contributed by atoms with E-state index in [4.69, 9.17) is 4.98 Å². The molecule has 0 atom stereocenters. The zero-order valence-corrected chi connectivity index (χ0v) is 20.3. The fraction of sp³-hybridized carbons (Fsp3) is 0.333. The Morgan fingerprint density at radius 3 is 2.40 bits per heavy atom. The molecule has 0 saturated carbocycles. The lowest BCUT2D eigenvalue weighted by molar-refractivity contribution is 0.0956. The predicted molar refractivity (Wildman–Crippen MR) is 129 cm³/mol. The molecule has 0 bridgehead atoms. The number of halogens is 1. The van der Waals surface area contributed by atoms with E-state index in [0.717, 1.165) is 27.4 Å². The number of benzene rings is 2. The van der Waals surface area contributed by atoms with Crippen LogP contribution >= 0.6 is 27.3 Å². The van der Waals surface area contributed by atoms with Gasteiger partial charge in [0.1, 0.15) is 0 Å². The summed E-state index contributed by atoms with van der Waals surface area (Å²) in [5, 5.41) is 6.00. The van der Waals surface area contributed by atoms with Crippen LogP contribution in [0.3, 0.4) is 0 Å². The zero-order chi connectivity index (χ0) is 21.7. The molecule has 3 rings (SSSR count). The molecule has 4 nitrogen and oxygen atoms in total. The van der Waals surface area contributed by atoms with Gasteiger partial charge in [0.05, 0.1) is 5.69 Å². The number of carbonyl (C=O) groups excluding carboxylic acids is 1. The van der Waals surface area contributed by atoms with Crippen LogP contribution in [0.15, 0.2) is 58.4 Å². The van der Waals surface area contributed by atoms with Crippen LogP contribution in [-0.2, 0) is 18.5 Å². The summed E-state index contributed by atoms with van der Waals surface area (Å²) < 4.78 is 1.09. The molecule has 6 heteroatoms. The molecular weight excluding hydrogens is 458 g/mol. The minimum atomic E-state index is -0.0381. The average molecular weight is 486 g/mol. The lowest BCUT2D eigenvalue weighted by atomic mass is 9.93. The van der Waals surface area contributed by atoms with E-state index in [0.29, 0.717) is 18.7 Å². The Labute approximate surface area is 191 Å². The highest BCUT2D eigenvalue weighted by atomic mass is 79.9. The maximum atomic E-state index is 12.0. The van der Waals surface area contributed by atoms with E-state index in [9.17, 15) is 4.79 Å². The van der Waals surface area contributed by atoms with Gasteiger partial charge in [0.2, 0.25) is 0 Å². The number of anilines is 1. The Balaban J connectivity index is 1.87. The Morgan fingerprint density at radius 2 is 1.80 bits per heavy atom. The lowest BCUT2D eigenvalue weighted by Crippen LogP contribution is -2.24. The number of aromatic nitrogens is 1. The summed E-state index contributed by atoms with van der Waals surface area (Å²) in [4.78, 5) is 19.3. The molecular formula is C24H28BrN3OS. The second-order valence-electron chi connectivity index (χ2n) is 8.27. The van der Waals surface area contributed by atoms with Crippen molar-refractivity contribution in [3.63, 3.8) is 0 Å². The van der Waals surface area contributed by atoms with E-state index >= 15 is 0 Å². The quantitative estimate of drug-likeness (QED) is 0.435. The fourth-order valence-electron chi connectivity index (χ4n) is 3.02. The third-order valence-electron chi connectivity index (χ3n) is 4.78. The first-order chi connectivity index (χ1) is 14.3. The topological polar surface area (TPSA) is 45.2 Å². The second-order valence-corrected chi connectivity index (χ2v) is 9.96. The number of carbonyl (C=O) groups is 1. The fourth-order valence-corrected chi connectivity index (χ4v) is 4.48. The molecule has 0 spiro atoms. The highest BCUT2D eigenvalue weighted by Crippen LogP contribution is 2.31. The maximum absolute atomic E-state index is 12.0. The first-order valence-electron chi connectivity index (χ1n) is 10.1. The smallest absolute Gasteiger partial charge is 0.251 e. The summed E-state index contributed by atoms with van der Waals surface area (Å²) in [5.74, 6) is -0.0381. The largest absolute Gasteiger partial charge is 0.352 e. The Bertz CT molecular complexity index is 992. The van der Waals surface area contributed by atoms with Crippen LogP contribution < -0.4 is 10.2 Å². The summed E-state index contributed by atoms with van der Waals surface area (Å²) in [6.45, 7) is 10.6. The summed E-state index contributed by atoms with van der Waals surface area (Å²) in [7, 11) is 0. The van der Waals surface area contributed by atoms with E-state index in [1.54, 1.807) is 11.3 Å². The molecule has 0 saturated heterocycles. The first kappa shape index (κ1) is 22.5. The van der Waals surface area contributed by atoms with Crippen LogP contribution in [0.1, 0.15) is 54.9 Å². The normalized spacial score (nSPS) is 11.4. The van der Waals surface area contributed by atoms with Gasteiger partial charge in [-0.1, -0.05) is 67.0 Å². The molecule has 1 N–H and O–H groups in total. The molecule has 0 radical (unpaired) electrons. The van der Waals surface area contributed by atoms with Crippen LogP contribution in [0.25, 0.3) is 0 Å². The monoisotopic (exact) mass is 485 g/mol. The number of nitrogens with zero attached hydrogens (tertiary/aromatic N) is 2. The Morgan fingerprint density at radius 1 is 1.10 bits per heavy atom. The van der Waals surface area contributed by atoms with Gasteiger partial charge in [-0.15, -0.1) is 11.3 Å². The highest BCUT2D eigenvalue weighted by molar-refractivity contribution is 9.10. The first-order valence-corrected chi connectivity index (χ1v) is 11.8. The van der Waals surface area contributed by atoms with E-state index < -0.39 is 0 Å². The van der Waals surface area contributed by atoms with Crippen molar-refractivity contribution in [2.45, 2.75) is 46.2 Å². The van der Waals surface area contributed by atoms with Gasteiger partial charge in [-0.2, -0.15) is 0 Å². The lowest BCUT2D eigenvalue weighted by Gasteiger charge is -2.23. The predicted octanol–water partition coefficient (Wildman–Crippen LogP) is 6.16. The Hall–Kier alpha value is -2.18. The van der Waals surface area contributed by atoms with Crippen molar-refractivity contribution in [3.8, 4) is 0 Å². The van der Waals surface area contributed by atoms with Crippen LogP contribution in [-0.4, -0.2) is 17.4 Å². The van der Waals surface area contributed by atoms with Gasteiger partial charge in [0, 0.05) is 40.5 Å². The van der Waals surface area contributed by atoms with Crippen molar-refractivity contribution in [2.75, 3.05) is 11.4 Å². The minimum Gasteiger partial charge on any atom is -0.352 e. The number of thiazole rings is 1. The molecule has 30 heavy (non-hydrogen) atoms. The summed E-state index contributed by atoms with van der Waals surface area (Å²) >= 11 is 5.35. The van der Waals surface area contributed by atoms with Gasteiger partial charge in [0.15, 0.2) is 5.13 Å². The van der Waals surface area contributed by atoms with Crippen molar-refractivity contribution in [1.82, 2.24) is 10.3 Å². The van der Waals surface area contributed by atoms with E-state index in [-0.39, 0.29) is 11.3 Å². The highest BCUT2D eigenvalue weighted by Gasteiger charge is 2.20. The molecule has 0 aliphatic carbocycles. The molecule has 2 aromatic carbocycles. The van der Waals surface area contributed by atoms with Gasteiger partial charge < -0.3 is 10.2 Å². The zero-order valence-electron chi connectivity index (χ0n) is 17.9. The third-order valence-corrected chi connectivity index (χ3v) is 6.45. The van der Waals surface area contributed by atoms with Gasteiger partial charge >= 0.3 is 0 Å². The molecule has 1 amide bonds. The van der Waals surface area contributed by atoms with Crippen molar-refractivity contribution in [2.24, 2.45) is 0 Å². The molecule has 0 aliphatic rings. The minimum absolute atomic E-state index is 0.0159. The number of hydrogen-bond donors (Lipinski definition) is 1. The number of nitrogens with one attached hydrogen (secondary N) is 1. The van der Waals surface area contributed by atoms with Crippen molar-refractivity contribution < 1.29 is 4.79 Å². The van der Waals surface area contributed by atoms with Crippen LogP contribution in [0.5, 0.6) is 0 Å². The van der Waals surface area contributed by atoms with Gasteiger partial charge in [-0.25, -0.2) is 4.98 Å². The summed E-state index contributed by atoms with van der Waals surface area (Å²) in [5.41, 5.74) is 4.15. The molecule has 158 valence electrons. The molecule has 1 heterocycles. The van der Waals surface area contributed by atoms with Crippen molar-refractivity contribution >= 4 is 38.3 Å². The van der Waals surface area contributed by atoms with Gasteiger partial charge in [0.25, 0.3) is 5.91 Å². The second kappa shape index (κ2) is 9.75. The van der Waals surface area contributed by atoms with Crippen molar-refractivity contribution in [3.05, 3.63) is 80.8 Å². The molecule has 0 aliphatic heterocycles. The van der Waals surface area contributed by atoms with Gasteiger partial charge in [-0.3, -0.25) is 4.79 Å². The number of amides is 1. The number of rotatable bonds is 7. The Kier molecular flexibility index (Phi) is 7.32. The van der Waals surface area contributed by atoms with E-state index in [2.05, 4.69) is 70.5 Å². The molecule has 0 fully saturated rings. The van der Waals surface area contributed by atoms with Gasteiger partial charge in [-0.05, 0) is 36.2 Å². The number of hydrogen-bond acceptors (Lipinski definition) is 4. The van der Waals surface area contributed by atoms with Crippen molar-refractivity contribution in [1.29, 1.82) is 0 Å². The summed E-state index contributed by atoms with van der Waals surface area (Å²) in [6.07, 6.45) is 0. The standard InChI is InChI=1S/C24H28BrN3OS/c1-5-26-22(29)18-12-10-17(11-13-18)14-28(15-19-8-6-7-9-20(19)25)23-27-21(16-30-23)24(2,3)4/h6-13,16H,5,14-15H2,1-4H3,(H,26,29). The van der Waals surface area contributed by atoms with E-state index in [1.165, 1.54) is 5.56 Å². The van der Waals surface area contributed by atoms with E-state index in [1.807, 2.05) is 37.3 Å². The summed E-state index contributed by atoms with van der Waals surface area (Å²) in [6, 6.07) is 16.1. The molecule has 0 unspecified atom stereocenters. The maximum Gasteiger partial charge on any atom is 0.251 e.